The highest BCUT2D eigenvalue weighted by atomic mass is 19.4. The lowest BCUT2D eigenvalue weighted by Crippen LogP contribution is -2.24. The molecule has 1 saturated heterocycles. The molecule has 1 fully saturated rings. The van der Waals surface area contributed by atoms with Crippen molar-refractivity contribution in [3.63, 3.8) is 0 Å². The number of hydrogen-bond acceptors (Lipinski definition) is 2. The number of alkyl halides is 3. The summed E-state index contributed by atoms with van der Waals surface area (Å²) in [5.74, 6) is -1.29. The van der Waals surface area contributed by atoms with Crippen molar-refractivity contribution in [2.45, 2.75) is 25.1 Å². The van der Waals surface area contributed by atoms with Gasteiger partial charge in [-0.15, -0.1) is 0 Å². The molecule has 0 saturated carbocycles. The summed E-state index contributed by atoms with van der Waals surface area (Å²) in [7, 11) is 0. The molecule has 2 nitrogen and oxygen atoms in total. The molecular formula is C13H14F4O2. The van der Waals surface area contributed by atoms with Crippen molar-refractivity contribution in [1.82, 2.24) is 0 Å². The largest absolute Gasteiger partial charge is 0.416 e. The van der Waals surface area contributed by atoms with Crippen LogP contribution < -0.4 is 0 Å². The first kappa shape index (κ1) is 14.3. The average molecular weight is 278 g/mol. The molecule has 19 heavy (non-hydrogen) atoms. The molecule has 6 heteroatoms. The van der Waals surface area contributed by atoms with Crippen molar-refractivity contribution >= 4 is 0 Å². The smallest absolute Gasteiger partial charge is 0.388 e. The summed E-state index contributed by atoms with van der Waals surface area (Å²) in [5, 5.41) is 10.0. The van der Waals surface area contributed by atoms with Crippen LogP contribution in [-0.4, -0.2) is 18.3 Å². The fourth-order valence-electron chi connectivity index (χ4n) is 2.23. The third kappa shape index (κ3) is 3.45. The molecule has 1 aliphatic heterocycles. The van der Waals surface area contributed by atoms with E-state index in [4.69, 9.17) is 4.74 Å². The minimum Gasteiger partial charge on any atom is -0.388 e. The van der Waals surface area contributed by atoms with Gasteiger partial charge in [-0.1, -0.05) is 0 Å². The Morgan fingerprint density at radius 3 is 2.58 bits per heavy atom. The van der Waals surface area contributed by atoms with Crippen LogP contribution in [0.3, 0.4) is 0 Å². The lowest BCUT2D eigenvalue weighted by atomic mass is 9.90. The second-order valence-electron chi connectivity index (χ2n) is 4.69. The fourth-order valence-corrected chi connectivity index (χ4v) is 2.23. The monoisotopic (exact) mass is 278 g/mol. The number of rotatable bonds is 2. The maximum atomic E-state index is 13.2. The molecule has 1 heterocycles. The summed E-state index contributed by atoms with van der Waals surface area (Å²) in [5.41, 5.74) is -1.14. The van der Waals surface area contributed by atoms with Crippen LogP contribution >= 0.6 is 0 Å². The Kier molecular flexibility index (Phi) is 4.10. The molecule has 2 unspecified atom stereocenters. The zero-order valence-corrected chi connectivity index (χ0v) is 10.1. The van der Waals surface area contributed by atoms with Crippen molar-refractivity contribution in [2.75, 3.05) is 13.2 Å². The minimum absolute atomic E-state index is 0.0529. The number of ether oxygens (including phenoxy) is 1. The van der Waals surface area contributed by atoms with Crippen LogP contribution in [0.15, 0.2) is 18.2 Å². The topological polar surface area (TPSA) is 29.5 Å². The predicted octanol–water partition coefficient (Wildman–Crippen LogP) is 3.30. The van der Waals surface area contributed by atoms with Crippen molar-refractivity contribution in [3.8, 4) is 0 Å². The zero-order valence-electron chi connectivity index (χ0n) is 10.1. The lowest BCUT2D eigenvalue weighted by molar-refractivity contribution is -0.137. The van der Waals surface area contributed by atoms with Crippen LogP contribution in [0.2, 0.25) is 0 Å². The van der Waals surface area contributed by atoms with Crippen LogP contribution in [0.25, 0.3) is 0 Å². The Bertz CT molecular complexity index is 439. The van der Waals surface area contributed by atoms with Gasteiger partial charge >= 0.3 is 6.18 Å². The first-order chi connectivity index (χ1) is 8.88. The molecule has 0 aromatic heterocycles. The van der Waals surface area contributed by atoms with Gasteiger partial charge in [-0.05, 0) is 36.6 Å². The predicted molar refractivity (Wildman–Crippen MR) is 59.9 cm³/mol. The van der Waals surface area contributed by atoms with Crippen molar-refractivity contribution in [2.24, 2.45) is 5.92 Å². The van der Waals surface area contributed by atoms with Crippen molar-refractivity contribution < 1.29 is 27.4 Å². The van der Waals surface area contributed by atoms with Gasteiger partial charge < -0.3 is 9.84 Å². The van der Waals surface area contributed by atoms with Gasteiger partial charge in [0.1, 0.15) is 5.82 Å². The van der Waals surface area contributed by atoms with Gasteiger partial charge in [-0.3, -0.25) is 0 Å². The molecule has 0 bridgehead atoms. The molecule has 0 amide bonds. The SMILES string of the molecule is OC(c1cc(F)cc(C(F)(F)F)c1)C1CCCOC1. The molecule has 0 aliphatic carbocycles. The molecule has 1 aliphatic rings. The van der Waals surface area contributed by atoms with E-state index in [1.165, 1.54) is 0 Å². The van der Waals surface area contributed by atoms with E-state index < -0.39 is 23.7 Å². The Morgan fingerprint density at radius 2 is 2.00 bits per heavy atom. The summed E-state index contributed by atoms with van der Waals surface area (Å²) < 4.78 is 56.2. The van der Waals surface area contributed by atoms with Crippen molar-refractivity contribution in [1.29, 1.82) is 0 Å². The van der Waals surface area contributed by atoms with Gasteiger partial charge in [0.05, 0.1) is 18.3 Å². The Morgan fingerprint density at radius 1 is 1.26 bits per heavy atom. The van der Waals surface area contributed by atoms with Gasteiger partial charge in [0.2, 0.25) is 0 Å². The van der Waals surface area contributed by atoms with Gasteiger partial charge in [-0.2, -0.15) is 13.2 Å². The number of aliphatic hydroxyl groups is 1. The highest BCUT2D eigenvalue weighted by molar-refractivity contribution is 5.28. The highest BCUT2D eigenvalue weighted by Crippen LogP contribution is 2.34. The van der Waals surface area contributed by atoms with Crippen LogP contribution in [0.5, 0.6) is 0 Å². The van der Waals surface area contributed by atoms with Crippen LogP contribution in [0.1, 0.15) is 30.1 Å². The van der Waals surface area contributed by atoms with E-state index in [1.807, 2.05) is 0 Å². The number of halogens is 4. The maximum Gasteiger partial charge on any atom is 0.416 e. The highest BCUT2D eigenvalue weighted by Gasteiger charge is 2.33. The summed E-state index contributed by atoms with van der Waals surface area (Å²) >= 11 is 0. The van der Waals surface area contributed by atoms with E-state index in [9.17, 15) is 22.7 Å². The van der Waals surface area contributed by atoms with E-state index >= 15 is 0 Å². The molecule has 1 aromatic rings. The van der Waals surface area contributed by atoms with E-state index in [0.717, 1.165) is 18.6 Å². The maximum absolute atomic E-state index is 13.2. The molecule has 0 radical (unpaired) electrons. The molecule has 0 spiro atoms. The first-order valence-corrected chi connectivity index (χ1v) is 6.01. The third-order valence-corrected chi connectivity index (χ3v) is 3.23. The second-order valence-corrected chi connectivity index (χ2v) is 4.69. The zero-order chi connectivity index (χ0) is 14.0. The van der Waals surface area contributed by atoms with Gasteiger partial charge in [0.25, 0.3) is 0 Å². The fraction of sp³-hybridized carbons (Fsp3) is 0.538. The Hall–Kier alpha value is -1.14. The summed E-state index contributed by atoms with van der Waals surface area (Å²) in [6, 6.07) is 2.16. The standard InChI is InChI=1S/C13H14F4O2/c14-11-5-9(4-10(6-11)13(15,16)17)12(18)8-2-1-3-19-7-8/h4-6,8,12,18H,1-3,7H2. The van der Waals surface area contributed by atoms with E-state index in [-0.39, 0.29) is 18.1 Å². The van der Waals surface area contributed by atoms with E-state index in [1.54, 1.807) is 0 Å². The summed E-state index contributed by atoms with van der Waals surface area (Å²) in [4.78, 5) is 0. The number of benzene rings is 1. The quantitative estimate of drug-likeness (QED) is 0.841. The lowest BCUT2D eigenvalue weighted by Gasteiger charge is -2.27. The first-order valence-electron chi connectivity index (χ1n) is 6.01. The number of hydrogen-bond donors (Lipinski definition) is 1. The Balaban J connectivity index is 2.26. The normalized spacial score (nSPS) is 22.3. The van der Waals surface area contributed by atoms with Gasteiger partial charge in [-0.25, -0.2) is 4.39 Å². The molecule has 106 valence electrons. The molecule has 1 N–H and O–H groups in total. The molecule has 1 aromatic carbocycles. The third-order valence-electron chi connectivity index (χ3n) is 3.23. The molecule has 2 atom stereocenters. The molecule has 2 rings (SSSR count). The second kappa shape index (κ2) is 5.46. The van der Waals surface area contributed by atoms with Crippen LogP contribution in [-0.2, 0) is 10.9 Å². The van der Waals surface area contributed by atoms with Gasteiger partial charge in [0, 0.05) is 12.5 Å². The van der Waals surface area contributed by atoms with E-state index in [0.29, 0.717) is 19.1 Å². The molecular weight excluding hydrogens is 264 g/mol. The number of aliphatic hydroxyl groups excluding tert-OH is 1. The Labute approximate surface area is 108 Å². The van der Waals surface area contributed by atoms with Crippen molar-refractivity contribution in [3.05, 3.63) is 35.1 Å². The summed E-state index contributed by atoms with van der Waals surface area (Å²) in [6.45, 7) is 0.860. The van der Waals surface area contributed by atoms with E-state index in [2.05, 4.69) is 0 Å². The van der Waals surface area contributed by atoms with Crippen LogP contribution in [0, 0.1) is 11.7 Å². The minimum atomic E-state index is -4.63. The van der Waals surface area contributed by atoms with Crippen LogP contribution in [0.4, 0.5) is 17.6 Å². The average Bonchev–Trinajstić information content (AvgIpc) is 2.37. The summed E-state index contributed by atoms with van der Waals surface area (Å²) in [6.07, 6.45) is -4.38. The van der Waals surface area contributed by atoms with Gasteiger partial charge in [0.15, 0.2) is 0 Å².